The number of hydrogen-bond donors (Lipinski definition) is 1. The summed E-state index contributed by atoms with van der Waals surface area (Å²) in [5, 5.41) is 9.11. The number of alkyl halides is 2. The molecular weight excluding hydrogens is 440 g/mol. The summed E-state index contributed by atoms with van der Waals surface area (Å²) in [4.78, 5) is 26.0. The molecule has 1 aliphatic rings. The van der Waals surface area contributed by atoms with Crippen LogP contribution in [-0.4, -0.2) is 33.8 Å². The number of nitrogens with zero attached hydrogens (tertiary/aromatic N) is 5. The Balaban J connectivity index is 2.03. The van der Waals surface area contributed by atoms with Crippen molar-refractivity contribution in [1.82, 2.24) is 14.9 Å². The van der Waals surface area contributed by atoms with Crippen LogP contribution in [0.15, 0.2) is 54.0 Å². The number of amides is 1. The number of halogens is 4. The molecule has 3 heterocycles. The van der Waals surface area contributed by atoms with Gasteiger partial charge in [0.2, 0.25) is 0 Å². The molecule has 0 saturated carbocycles. The molecule has 1 aromatic carbocycles. The second kappa shape index (κ2) is 7.98. The number of carbonyl (C=O) groups is 1. The lowest BCUT2D eigenvalue weighted by Crippen LogP contribution is -2.41. The zero-order valence-electron chi connectivity index (χ0n) is 16.9. The van der Waals surface area contributed by atoms with Crippen LogP contribution in [0.2, 0.25) is 0 Å². The fourth-order valence-corrected chi connectivity index (χ4v) is 3.63. The van der Waals surface area contributed by atoms with E-state index in [2.05, 4.69) is 15.0 Å². The van der Waals surface area contributed by atoms with E-state index >= 15 is 4.39 Å². The maximum atomic E-state index is 15.2. The topological polar surface area (TPSA) is 108 Å². The lowest BCUT2D eigenvalue weighted by Gasteiger charge is -2.27. The second-order valence-corrected chi connectivity index (χ2v) is 7.24. The molecule has 11 heteroatoms. The summed E-state index contributed by atoms with van der Waals surface area (Å²) >= 11 is 0. The summed E-state index contributed by atoms with van der Waals surface area (Å²) in [6.45, 7) is 0. The summed E-state index contributed by atoms with van der Waals surface area (Å²) in [5.41, 5.74) is 2.59. The molecule has 0 fully saturated rings. The molecule has 1 aliphatic heterocycles. The van der Waals surface area contributed by atoms with Crippen molar-refractivity contribution in [1.29, 1.82) is 5.26 Å². The van der Waals surface area contributed by atoms with Crippen molar-refractivity contribution in [2.45, 2.75) is 12.0 Å². The fourth-order valence-electron chi connectivity index (χ4n) is 3.63. The Bertz CT molecular complexity index is 1350. The minimum Gasteiger partial charge on any atom is -0.369 e. The van der Waals surface area contributed by atoms with Crippen molar-refractivity contribution in [2.24, 2.45) is 10.7 Å². The van der Waals surface area contributed by atoms with E-state index in [0.29, 0.717) is 6.07 Å². The van der Waals surface area contributed by atoms with Crippen LogP contribution in [0.4, 0.5) is 17.6 Å². The minimum absolute atomic E-state index is 0.125. The first-order valence-corrected chi connectivity index (χ1v) is 9.41. The zero-order chi connectivity index (χ0) is 23.9. The van der Waals surface area contributed by atoms with Gasteiger partial charge in [-0.2, -0.15) is 5.26 Å². The smallest absolute Gasteiger partial charge is 0.266 e. The van der Waals surface area contributed by atoms with Gasteiger partial charge in [-0.1, -0.05) is 0 Å². The Labute approximate surface area is 184 Å². The van der Waals surface area contributed by atoms with Crippen molar-refractivity contribution in [3.8, 4) is 17.2 Å². The Kier molecular flexibility index (Phi) is 5.29. The SMILES string of the molecule is CN1C(=O)C(c2cncc(C(F)F)c2)(c2cc(-c3cncc(C#N)c3)c(F)cc2F)N=C1N. The summed E-state index contributed by atoms with van der Waals surface area (Å²) in [5.74, 6) is -3.27. The summed E-state index contributed by atoms with van der Waals surface area (Å²) in [6.07, 6.45) is 1.60. The lowest BCUT2D eigenvalue weighted by atomic mass is 9.81. The van der Waals surface area contributed by atoms with Crippen LogP contribution in [0.5, 0.6) is 0 Å². The number of hydrogen-bond acceptors (Lipinski definition) is 6. The molecule has 3 aromatic rings. The Hall–Kier alpha value is -4.33. The van der Waals surface area contributed by atoms with Gasteiger partial charge < -0.3 is 5.73 Å². The van der Waals surface area contributed by atoms with E-state index in [0.717, 1.165) is 29.4 Å². The maximum Gasteiger partial charge on any atom is 0.266 e. The Morgan fingerprint density at radius 1 is 1.06 bits per heavy atom. The van der Waals surface area contributed by atoms with E-state index in [1.807, 2.05) is 6.07 Å². The van der Waals surface area contributed by atoms with Crippen LogP contribution in [0.1, 0.15) is 28.7 Å². The highest BCUT2D eigenvalue weighted by atomic mass is 19.3. The van der Waals surface area contributed by atoms with Gasteiger partial charge in [-0.25, -0.2) is 22.6 Å². The normalized spacial score (nSPS) is 17.9. The zero-order valence-corrected chi connectivity index (χ0v) is 16.9. The van der Waals surface area contributed by atoms with E-state index in [-0.39, 0.29) is 28.2 Å². The highest BCUT2D eigenvalue weighted by Crippen LogP contribution is 2.43. The van der Waals surface area contributed by atoms with Gasteiger partial charge in [0.25, 0.3) is 12.3 Å². The van der Waals surface area contributed by atoms with Crippen molar-refractivity contribution >= 4 is 11.9 Å². The number of guanidine groups is 1. The molecule has 33 heavy (non-hydrogen) atoms. The van der Waals surface area contributed by atoms with Gasteiger partial charge >= 0.3 is 0 Å². The van der Waals surface area contributed by atoms with E-state index < -0.39 is 40.6 Å². The minimum atomic E-state index is -2.92. The summed E-state index contributed by atoms with van der Waals surface area (Å²) < 4.78 is 56.7. The second-order valence-electron chi connectivity index (χ2n) is 7.24. The largest absolute Gasteiger partial charge is 0.369 e. The molecule has 7 nitrogen and oxygen atoms in total. The Morgan fingerprint density at radius 2 is 1.79 bits per heavy atom. The number of pyridine rings is 2. The van der Waals surface area contributed by atoms with Gasteiger partial charge in [0.05, 0.1) is 5.56 Å². The van der Waals surface area contributed by atoms with Crippen LogP contribution in [0, 0.1) is 23.0 Å². The molecular formula is C22H14F4N6O. The molecule has 2 N–H and O–H groups in total. The molecule has 0 aliphatic carbocycles. The number of aliphatic imine (C=N–C) groups is 1. The van der Waals surface area contributed by atoms with Gasteiger partial charge in [0, 0.05) is 65.7 Å². The third-order valence-electron chi connectivity index (χ3n) is 5.29. The van der Waals surface area contributed by atoms with Crippen LogP contribution in [0.3, 0.4) is 0 Å². The van der Waals surface area contributed by atoms with E-state index in [4.69, 9.17) is 11.0 Å². The number of likely N-dealkylation sites (N-methyl/N-ethyl adjacent to an activating group) is 1. The molecule has 166 valence electrons. The average Bonchev–Trinajstić information content (AvgIpc) is 3.04. The van der Waals surface area contributed by atoms with Crippen molar-refractivity contribution in [3.63, 3.8) is 0 Å². The maximum absolute atomic E-state index is 15.2. The van der Waals surface area contributed by atoms with Crippen LogP contribution in [-0.2, 0) is 10.3 Å². The molecule has 4 rings (SSSR count). The first-order chi connectivity index (χ1) is 15.7. The average molecular weight is 454 g/mol. The van der Waals surface area contributed by atoms with Gasteiger partial charge in [0.1, 0.15) is 17.7 Å². The van der Waals surface area contributed by atoms with Crippen molar-refractivity contribution in [3.05, 3.63) is 82.9 Å². The van der Waals surface area contributed by atoms with Crippen molar-refractivity contribution < 1.29 is 22.4 Å². The number of nitriles is 1. The van der Waals surface area contributed by atoms with Gasteiger partial charge in [-0.3, -0.25) is 19.7 Å². The molecule has 0 spiro atoms. The fraction of sp³-hybridized carbons (Fsp3) is 0.136. The van der Waals surface area contributed by atoms with Crippen LogP contribution >= 0.6 is 0 Å². The standard InChI is InChI=1S/C22H14F4N6O/c1-32-20(33)22(31-21(32)28,14-3-13(19(25)26)9-30-10-14)16-4-15(17(23)5-18(16)24)12-2-11(6-27)7-29-8-12/h2-5,7-10,19H,1H3,(H2,28,31). The van der Waals surface area contributed by atoms with Crippen LogP contribution < -0.4 is 5.73 Å². The number of carbonyl (C=O) groups excluding carboxylic acids is 1. The number of aromatic nitrogens is 2. The molecule has 0 radical (unpaired) electrons. The van der Waals surface area contributed by atoms with E-state index in [9.17, 15) is 18.0 Å². The molecule has 1 unspecified atom stereocenters. The first-order valence-electron chi connectivity index (χ1n) is 9.41. The highest BCUT2D eigenvalue weighted by Gasteiger charge is 2.51. The Morgan fingerprint density at radius 3 is 2.42 bits per heavy atom. The molecule has 2 aromatic heterocycles. The number of nitrogens with two attached hydrogens (primary N) is 1. The first kappa shape index (κ1) is 21.9. The third-order valence-corrected chi connectivity index (χ3v) is 5.29. The predicted molar refractivity (Wildman–Crippen MR) is 109 cm³/mol. The summed E-state index contributed by atoms with van der Waals surface area (Å²) in [6, 6.07) is 5.76. The monoisotopic (exact) mass is 454 g/mol. The van der Waals surface area contributed by atoms with Gasteiger partial charge in [0.15, 0.2) is 11.5 Å². The van der Waals surface area contributed by atoms with Crippen molar-refractivity contribution in [2.75, 3.05) is 7.05 Å². The van der Waals surface area contributed by atoms with Crippen LogP contribution in [0.25, 0.3) is 11.1 Å². The number of rotatable bonds is 4. The quantitative estimate of drug-likeness (QED) is 0.609. The highest BCUT2D eigenvalue weighted by molar-refractivity contribution is 6.09. The molecule has 0 bridgehead atoms. The van der Waals surface area contributed by atoms with Gasteiger partial charge in [-0.15, -0.1) is 0 Å². The van der Waals surface area contributed by atoms with E-state index in [1.165, 1.54) is 25.5 Å². The molecule has 1 atom stereocenters. The van der Waals surface area contributed by atoms with E-state index in [1.54, 1.807) is 0 Å². The molecule has 1 amide bonds. The third kappa shape index (κ3) is 3.45. The number of benzene rings is 1. The predicted octanol–water partition coefficient (Wildman–Crippen LogP) is 3.26. The lowest BCUT2D eigenvalue weighted by molar-refractivity contribution is -0.129. The van der Waals surface area contributed by atoms with Gasteiger partial charge in [-0.05, 0) is 18.2 Å². The summed E-state index contributed by atoms with van der Waals surface area (Å²) in [7, 11) is 1.29. The molecule has 0 saturated heterocycles.